The molecule has 2 aromatic rings. The first-order valence-corrected chi connectivity index (χ1v) is 6.07. The van der Waals surface area contributed by atoms with Crippen LogP contribution in [0.15, 0.2) is 36.9 Å². The maximum atomic E-state index is 9.33. The van der Waals surface area contributed by atoms with E-state index in [1.54, 1.807) is 17.4 Å². The van der Waals surface area contributed by atoms with Gasteiger partial charge in [0.2, 0.25) is 0 Å². The lowest BCUT2D eigenvalue weighted by Gasteiger charge is -2.20. The van der Waals surface area contributed by atoms with Gasteiger partial charge >= 0.3 is 0 Å². The molecule has 1 aromatic carbocycles. The summed E-state index contributed by atoms with van der Waals surface area (Å²) in [7, 11) is 0. The molecule has 3 heteroatoms. The highest BCUT2D eigenvalue weighted by molar-refractivity contribution is 7.18. The zero-order valence-corrected chi connectivity index (χ0v) is 10.1. The van der Waals surface area contributed by atoms with Crippen LogP contribution in [0.5, 0.6) is 0 Å². The van der Waals surface area contributed by atoms with Gasteiger partial charge in [-0.1, -0.05) is 25.1 Å². The monoisotopic (exact) mass is 233 g/mol. The predicted molar refractivity (Wildman–Crippen MR) is 68.7 cm³/mol. The normalized spacial score (nSPS) is 14.9. The van der Waals surface area contributed by atoms with Gasteiger partial charge in [0.1, 0.15) is 0 Å². The van der Waals surface area contributed by atoms with Gasteiger partial charge in [0, 0.05) is 11.8 Å². The zero-order chi connectivity index (χ0) is 11.6. The molecule has 1 atom stereocenters. The van der Waals surface area contributed by atoms with E-state index in [1.807, 2.05) is 25.1 Å². The Morgan fingerprint density at radius 2 is 2.25 bits per heavy atom. The van der Waals surface area contributed by atoms with Crippen LogP contribution in [-0.4, -0.2) is 16.7 Å². The molecular weight excluding hydrogens is 218 g/mol. The molecule has 84 valence electrons. The second-order valence-electron chi connectivity index (χ2n) is 4.27. The summed E-state index contributed by atoms with van der Waals surface area (Å²) in [6, 6.07) is 8.09. The first-order chi connectivity index (χ1) is 7.67. The third-order valence-electron chi connectivity index (χ3n) is 2.75. The van der Waals surface area contributed by atoms with Crippen LogP contribution >= 0.6 is 11.3 Å². The van der Waals surface area contributed by atoms with Gasteiger partial charge in [0.15, 0.2) is 0 Å². The first kappa shape index (κ1) is 11.3. The van der Waals surface area contributed by atoms with E-state index in [1.165, 1.54) is 4.70 Å². The molecule has 0 amide bonds. The van der Waals surface area contributed by atoms with Crippen molar-refractivity contribution < 1.29 is 5.11 Å². The fourth-order valence-corrected chi connectivity index (χ4v) is 2.70. The zero-order valence-electron chi connectivity index (χ0n) is 9.31. The summed E-state index contributed by atoms with van der Waals surface area (Å²) in [6.07, 6.45) is 2.55. The number of fused-ring (bicyclic) bond motifs is 1. The molecule has 16 heavy (non-hydrogen) atoms. The second-order valence-corrected chi connectivity index (χ2v) is 5.38. The van der Waals surface area contributed by atoms with Crippen molar-refractivity contribution in [2.75, 3.05) is 6.61 Å². The Bertz CT molecular complexity index is 472. The molecule has 0 saturated heterocycles. The molecule has 0 aliphatic rings. The lowest BCUT2D eigenvalue weighted by Crippen LogP contribution is -2.21. The number of para-hydroxylation sites is 1. The largest absolute Gasteiger partial charge is 0.395 e. The number of aliphatic hydroxyl groups is 1. The fourth-order valence-electron chi connectivity index (χ4n) is 1.53. The average Bonchev–Trinajstić information content (AvgIpc) is 2.70. The predicted octanol–water partition coefficient (Wildman–Crippen LogP) is 3.02. The maximum Gasteiger partial charge on any atom is 0.0948 e. The van der Waals surface area contributed by atoms with Gasteiger partial charge < -0.3 is 5.11 Å². The van der Waals surface area contributed by atoms with E-state index in [9.17, 15) is 5.11 Å². The average molecular weight is 233 g/mol. The number of hydrogen-bond acceptors (Lipinski definition) is 3. The molecule has 0 spiro atoms. The molecule has 1 N–H and O–H groups in total. The molecule has 1 aromatic heterocycles. The Morgan fingerprint density at radius 1 is 1.50 bits per heavy atom. The highest BCUT2D eigenvalue weighted by atomic mass is 32.1. The first-order valence-electron chi connectivity index (χ1n) is 5.26. The summed E-state index contributed by atoms with van der Waals surface area (Å²) in [5, 5.41) is 10.4. The van der Waals surface area contributed by atoms with Crippen LogP contribution in [0.2, 0.25) is 0 Å². The molecule has 0 aliphatic carbocycles. The van der Waals surface area contributed by atoms with Crippen molar-refractivity contribution >= 4 is 21.6 Å². The topological polar surface area (TPSA) is 33.1 Å². The van der Waals surface area contributed by atoms with Crippen LogP contribution in [0.3, 0.4) is 0 Å². The van der Waals surface area contributed by atoms with Crippen LogP contribution in [-0.2, 0) is 6.42 Å². The van der Waals surface area contributed by atoms with E-state index in [0.717, 1.165) is 16.9 Å². The van der Waals surface area contributed by atoms with Crippen LogP contribution in [0, 0.1) is 5.41 Å². The molecule has 2 nitrogen and oxygen atoms in total. The van der Waals surface area contributed by atoms with Gasteiger partial charge in [-0.15, -0.1) is 17.9 Å². The van der Waals surface area contributed by atoms with Gasteiger partial charge in [-0.25, -0.2) is 4.98 Å². The number of aromatic nitrogens is 1. The van der Waals surface area contributed by atoms with Gasteiger partial charge in [-0.05, 0) is 12.1 Å². The van der Waals surface area contributed by atoms with E-state index in [0.29, 0.717) is 0 Å². The Labute approximate surface area is 99.3 Å². The number of benzene rings is 1. The van der Waals surface area contributed by atoms with E-state index in [4.69, 9.17) is 0 Å². The summed E-state index contributed by atoms with van der Waals surface area (Å²) < 4.78 is 1.20. The second kappa shape index (κ2) is 4.36. The van der Waals surface area contributed by atoms with Gasteiger partial charge in [-0.2, -0.15) is 0 Å². The van der Waals surface area contributed by atoms with Gasteiger partial charge in [0.25, 0.3) is 0 Å². The number of nitrogens with zero attached hydrogens (tertiary/aromatic N) is 1. The van der Waals surface area contributed by atoms with Crippen LogP contribution in [0.4, 0.5) is 0 Å². The molecular formula is C13H15NOS. The lowest BCUT2D eigenvalue weighted by molar-refractivity contribution is 0.184. The molecule has 2 rings (SSSR count). The van der Waals surface area contributed by atoms with Crippen molar-refractivity contribution in [2.45, 2.75) is 13.3 Å². The summed E-state index contributed by atoms with van der Waals surface area (Å²) in [5.41, 5.74) is 0.764. The van der Waals surface area contributed by atoms with Crippen molar-refractivity contribution in [2.24, 2.45) is 5.41 Å². The van der Waals surface area contributed by atoms with Crippen LogP contribution in [0.25, 0.3) is 10.2 Å². The number of thiazole rings is 1. The van der Waals surface area contributed by atoms with E-state index < -0.39 is 0 Å². The number of aliphatic hydroxyl groups excluding tert-OH is 1. The van der Waals surface area contributed by atoms with Gasteiger partial charge in [-0.3, -0.25) is 0 Å². The fraction of sp³-hybridized carbons (Fsp3) is 0.308. The number of hydrogen-bond donors (Lipinski definition) is 1. The van der Waals surface area contributed by atoms with Crippen molar-refractivity contribution in [1.82, 2.24) is 4.98 Å². The Hall–Kier alpha value is -1.19. The lowest BCUT2D eigenvalue weighted by atomic mass is 9.88. The number of rotatable bonds is 4. The highest BCUT2D eigenvalue weighted by Crippen LogP contribution is 2.28. The van der Waals surface area contributed by atoms with Crippen molar-refractivity contribution in [3.8, 4) is 0 Å². The summed E-state index contributed by atoms with van der Waals surface area (Å²) >= 11 is 1.68. The molecule has 1 heterocycles. The van der Waals surface area contributed by atoms with E-state index in [2.05, 4.69) is 17.6 Å². The third kappa shape index (κ3) is 2.15. The van der Waals surface area contributed by atoms with E-state index >= 15 is 0 Å². The van der Waals surface area contributed by atoms with Crippen molar-refractivity contribution in [3.05, 3.63) is 41.9 Å². The minimum Gasteiger partial charge on any atom is -0.395 e. The Morgan fingerprint density at radius 3 is 2.88 bits per heavy atom. The minimum absolute atomic E-state index is 0.104. The Balaban J connectivity index is 2.31. The van der Waals surface area contributed by atoms with Crippen LogP contribution in [0.1, 0.15) is 11.9 Å². The standard InChI is InChI=1S/C13H15NOS/c1-3-13(2,9-15)8-12-14-10-6-4-5-7-11(10)16-12/h3-7,15H,1,8-9H2,2H3. The third-order valence-corrected chi connectivity index (χ3v) is 3.78. The molecule has 0 aliphatic heterocycles. The van der Waals surface area contributed by atoms with Crippen LogP contribution < -0.4 is 0 Å². The summed E-state index contributed by atoms with van der Waals surface area (Å²) in [4.78, 5) is 4.55. The molecule has 0 bridgehead atoms. The Kier molecular flexibility index (Phi) is 3.08. The summed E-state index contributed by atoms with van der Waals surface area (Å²) in [5.74, 6) is 0. The van der Waals surface area contributed by atoms with Gasteiger partial charge in [0.05, 0.1) is 21.8 Å². The molecule has 1 unspecified atom stereocenters. The molecule has 0 saturated carbocycles. The SMILES string of the molecule is C=CC(C)(CO)Cc1nc2ccccc2s1. The molecule has 0 fully saturated rings. The highest BCUT2D eigenvalue weighted by Gasteiger charge is 2.21. The molecule has 0 radical (unpaired) electrons. The minimum atomic E-state index is -0.270. The smallest absolute Gasteiger partial charge is 0.0948 e. The quantitative estimate of drug-likeness (QED) is 0.823. The van der Waals surface area contributed by atoms with Crippen molar-refractivity contribution in [3.63, 3.8) is 0 Å². The van der Waals surface area contributed by atoms with E-state index in [-0.39, 0.29) is 12.0 Å². The van der Waals surface area contributed by atoms with Crippen molar-refractivity contribution in [1.29, 1.82) is 0 Å². The summed E-state index contributed by atoms with van der Waals surface area (Å²) in [6.45, 7) is 5.87. The maximum absolute atomic E-state index is 9.33.